The maximum atomic E-state index is 11.0. The smallest absolute Gasteiger partial charge is 0.355 e. The number of rotatable bonds is 2. The Balaban J connectivity index is 2.58. The lowest BCUT2D eigenvalue weighted by atomic mass is 10.0. The molecule has 0 spiro atoms. The number of hydrogen-bond donors (Lipinski definition) is 1. The van der Waals surface area contributed by atoms with Gasteiger partial charge >= 0.3 is 5.97 Å². The number of nitrogens with zero attached hydrogens (tertiary/aromatic N) is 1. The lowest BCUT2D eigenvalue weighted by molar-refractivity contribution is 0.0690. The van der Waals surface area contributed by atoms with Crippen LogP contribution in [0.3, 0.4) is 0 Å². The first kappa shape index (κ1) is 11.8. The first-order valence-electron chi connectivity index (χ1n) is 5.28. The minimum atomic E-state index is -0.963. The van der Waals surface area contributed by atoms with E-state index in [4.69, 9.17) is 5.11 Å². The Morgan fingerprint density at radius 1 is 1.29 bits per heavy atom. The van der Waals surface area contributed by atoms with Gasteiger partial charge in [0.25, 0.3) is 0 Å². The minimum Gasteiger partial charge on any atom is -0.476 e. The second-order valence-corrected chi connectivity index (χ2v) is 5.18. The summed E-state index contributed by atoms with van der Waals surface area (Å²) in [6.45, 7) is 5.86. The second kappa shape index (κ2) is 4.30. The van der Waals surface area contributed by atoms with Crippen LogP contribution in [0, 0.1) is 20.8 Å². The van der Waals surface area contributed by atoms with E-state index < -0.39 is 5.97 Å². The van der Waals surface area contributed by atoms with Crippen LogP contribution in [-0.4, -0.2) is 16.1 Å². The number of aromatic nitrogens is 1. The molecule has 88 valence electrons. The predicted molar refractivity (Wildman–Crippen MR) is 68.7 cm³/mol. The van der Waals surface area contributed by atoms with Crippen LogP contribution in [0.5, 0.6) is 0 Å². The average molecular weight is 247 g/mol. The molecule has 0 radical (unpaired) electrons. The Morgan fingerprint density at radius 3 is 2.59 bits per heavy atom. The zero-order chi connectivity index (χ0) is 12.6. The number of benzene rings is 1. The first-order chi connectivity index (χ1) is 8.00. The average Bonchev–Trinajstić information content (AvgIpc) is 2.64. The van der Waals surface area contributed by atoms with Gasteiger partial charge in [0.05, 0.1) is 0 Å². The van der Waals surface area contributed by atoms with Crippen molar-refractivity contribution in [1.82, 2.24) is 4.98 Å². The highest BCUT2D eigenvalue weighted by atomic mass is 32.1. The highest BCUT2D eigenvalue weighted by Crippen LogP contribution is 2.31. The van der Waals surface area contributed by atoms with Crippen molar-refractivity contribution in [2.45, 2.75) is 20.8 Å². The second-order valence-electron chi connectivity index (χ2n) is 3.98. The molecule has 0 amide bonds. The Morgan fingerprint density at radius 2 is 2.00 bits per heavy atom. The van der Waals surface area contributed by atoms with Gasteiger partial charge in [0, 0.05) is 10.4 Å². The van der Waals surface area contributed by atoms with E-state index in [1.54, 1.807) is 6.92 Å². The van der Waals surface area contributed by atoms with E-state index in [1.165, 1.54) is 16.9 Å². The third-order valence-corrected chi connectivity index (χ3v) is 3.84. The van der Waals surface area contributed by atoms with Gasteiger partial charge in [-0.25, -0.2) is 9.78 Å². The lowest BCUT2D eigenvalue weighted by Crippen LogP contribution is -1.98. The van der Waals surface area contributed by atoms with Crippen LogP contribution in [-0.2, 0) is 0 Å². The SMILES string of the molecule is Cc1cccc(-c2nc(C(=O)O)c(C)s2)c1C. The molecule has 1 aromatic heterocycles. The Labute approximate surface area is 104 Å². The molecule has 0 saturated heterocycles. The number of aromatic carboxylic acids is 1. The standard InChI is InChI=1S/C13H13NO2S/c1-7-5-4-6-10(8(7)2)12-14-11(13(15)16)9(3)17-12/h4-6H,1-3H3,(H,15,16). The molecule has 0 fully saturated rings. The molecule has 0 aliphatic heterocycles. The summed E-state index contributed by atoms with van der Waals surface area (Å²) in [6.07, 6.45) is 0. The fraction of sp³-hybridized carbons (Fsp3) is 0.231. The molecule has 3 nitrogen and oxygen atoms in total. The molecule has 4 heteroatoms. The molecule has 0 atom stereocenters. The van der Waals surface area contributed by atoms with Crippen LogP contribution in [0.4, 0.5) is 0 Å². The topological polar surface area (TPSA) is 50.2 Å². The molecule has 0 aliphatic carbocycles. The summed E-state index contributed by atoms with van der Waals surface area (Å²) in [5.74, 6) is -0.963. The normalized spacial score (nSPS) is 10.5. The van der Waals surface area contributed by atoms with E-state index in [-0.39, 0.29) is 5.69 Å². The van der Waals surface area contributed by atoms with E-state index in [9.17, 15) is 4.79 Å². The molecule has 1 aromatic carbocycles. The maximum Gasteiger partial charge on any atom is 0.355 e. The Bertz CT molecular complexity index is 587. The summed E-state index contributed by atoms with van der Waals surface area (Å²) < 4.78 is 0. The number of carboxylic acids is 1. The van der Waals surface area contributed by atoms with Crippen LogP contribution in [0.15, 0.2) is 18.2 Å². The van der Waals surface area contributed by atoms with Gasteiger partial charge in [-0.05, 0) is 31.9 Å². The molecular weight excluding hydrogens is 234 g/mol. The summed E-state index contributed by atoms with van der Waals surface area (Å²) in [5, 5.41) is 9.77. The molecule has 1 heterocycles. The molecule has 17 heavy (non-hydrogen) atoms. The highest BCUT2D eigenvalue weighted by molar-refractivity contribution is 7.15. The van der Waals surface area contributed by atoms with Crippen LogP contribution >= 0.6 is 11.3 Å². The molecule has 2 rings (SSSR count). The third-order valence-electron chi connectivity index (χ3n) is 2.83. The molecule has 0 aliphatic rings. The number of aryl methyl sites for hydroxylation is 2. The fourth-order valence-electron chi connectivity index (χ4n) is 1.69. The van der Waals surface area contributed by atoms with Crippen LogP contribution in [0.25, 0.3) is 10.6 Å². The lowest BCUT2D eigenvalue weighted by Gasteiger charge is -2.04. The summed E-state index contributed by atoms with van der Waals surface area (Å²) >= 11 is 1.43. The summed E-state index contributed by atoms with van der Waals surface area (Å²) in [5.41, 5.74) is 3.52. The van der Waals surface area contributed by atoms with Crippen LogP contribution in [0.1, 0.15) is 26.5 Å². The molecule has 2 aromatic rings. The van der Waals surface area contributed by atoms with Crippen molar-refractivity contribution in [3.63, 3.8) is 0 Å². The van der Waals surface area contributed by atoms with E-state index in [0.717, 1.165) is 21.0 Å². The Kier molecular flexibility index (Phi) is 2.98. The molecule has 1 N–H and O–H groups in total. The van der Waals surface area contributed by atoms with Gasteiger partial charge in [0.15, 0.2) is 5.69 Å². The van der Waals surface area contributed by atoms with Crippen LogP contribution in [0.2, 0.25) is 0 Å². The Hall–Kier alpha value is -1.68. The minimum absolute atomic E-state index is 0.158. The van der Waals surface area contributed by atoms with Crippen molar-refractivity contribution in [2.24, 2.45) is 0 Å². The largest absolute Gasteiger partial charge is 0.476 e. The van der Waals surface area contributed by atoms with Gasteiger partial charge in [-0.3, -0.25) is 0 Å². The number of carbonyl (C=O) groups is 1. The van der Waals surface area contributed by atoms with Crippen molar-refractivity contribution in [1.29, 1.82) is 0 Å². The summed E-state index contributed by atoms with van der Waals surface area (Å²) in [7, 11) is 0. The van der Waals surface area contributed by atoms with E-state index in [2.05, 4.69) is 4.98 Å². The van der Waals surface area contributed by atoms with Crippen molar-refractivity contribution in [3.8, 4) is 10.6 Å². The van der Waals surface area contributed by atoms with E-state index in [1.807, 2.05) is 32.0 Å². The van der Waals surface area contributed by atoms with Crippen molar-refractivity contribution in [3.05, 3.63) is 39.9 Å². The van der Waals surface area contributed by atoms with Crippen molar-refractivity contribution < 1.29 is 9.90 Å². The zero-order valence-electron chi connectivity index (χ0n) is 9.94. The quantitative estimate of drug-likeness (QED) is 0.884. The first-order valence-corrected chi connectivity index (χ1v) is 6.09. The van der Waals surface area contributed by atoms with Gasteiger partial charge in [-0.1, -0.05) is 18.2 Å². The fourth-order valence-corrected chi connectivity index (χ4v) is 2.68. The third kappa shape index (κ3) is 2.08. The summed E-state index contributed by atoms with van der Waals surface area (Å²) in [6, 6.07) is 5.98. The molecular formula is C13H13NO2S. The molecule has 0 bridgehead atoms. The molecule has 0 unspecified atom stereocenters. The van der Waals surface area contributed by atoms with Gasteiger partial charge in [-0.2, -0.15) is 0 Å². The van der Waals surface area contributed by atoms with Gasteiger partial charge < -0.3 is 5.11 Å². The van der Waals surface area contributed by atoms with E-state index in [0.29, 0.717) is 0 Å². The van der Waals surface area contributed by atoms with E-state index >= 15 is 0 Å². The monoisotopic (exact) mass is 247 g/mol. The number of hydrogen-bond acceptors (Lipinski definition) is 3. The van der Waals surface area contributed by atoms with Crippen molar-refractivity contribution >= 4 is 17.3 Å². The predicted octanol–water partition coefficient (Wildman–Crippen LogP) is 3.43. The van der Waals surface area contributed by atoms with Gasteiger partial charge in [0.1, 0.15) is 5.01 Å². The molecule has 0 saturated carbocycles. The highest BCUT2D eigenvalue weighted by Gasteiger charge is 2.16. The summed E-state index contributed by atoms with van der Waals surface area (Å²) in [4.78, 5) is 15.9. The number of thiazole rings is 1. The van der Waals surface area contributed by atoms with Crippen LogP contribution < -0.4 is 0 Å². The van der Waals surface area contributed by atoms with Gasteiger partial charge in [0.2, 0.25) is 0 Å². The van der Waals surface area contributed by atoms with Crippen molar-refractivity contribution in [2.75, 3.05) is 0 Å². The maximum absolute atomic E-state index is 11.0. The van der Waals surface area contributed by atoms with Gasteiger partial charge in [-0.15, -0.1) is 11.3 Å². The zero-order valence-corrected chi connectivity index (χ0v) is 10.8. The number of carboxylic acid groups (broad SMARTS) is 1.